The van der Waals surface area contributed by atoms with Gasteiger partial charge in [0.1, 0.15) is 0 Å². The van der Waals surface area contributed by atoms with Crippen LogP contribution in [0.25, 0.3) is 0 Å². The van der Waals surface area contributed by atoms with Crippen molar-refractivity contribution in [2.24, 2.45) is 0 Å². The molecule has 2 aromatic rings. The zero-order valence-corrected chi connectivity index (χ0v) is 22.8. The number of hydrogen-bond acceptors (Lipinski definition) is 3. The first kappa shape index (κ1) is 27.3. The summed E-state index contributed by atoms with van der Waals surface area (Å²) in [6.45, 7) is 16.6. The third-order valence-electron chi connectivity index (χ3n) is 6.01. The Labute approximate surface area is 203 Å². The molecule has 1 N–H and O–H groups in total. The molecule has 1 unspecified atom stereocenters. The highest BCUT2D eigenvalue weighted by Crippen LogP contribution is 2.34. The number of nitrogens with one attached hydrogen (secondary N) is 1. The van der Waals surface area contributed by atoms with Gasteiger partial charge in [-0.05, 0) is 82.2 Å². The molecule has 0 aliphatic rings. The van der Waals surface area contributed by atoms with Gasteiger partial charge >= 0.3 is 0 Å². The van der Waals surface area contributed by atoms with Gasteiger partial charge in [-0.2, -0.15) is 0 Å². The molecule has 0 heterocycles. The fourth-order valence-corrected chi connectivity index (χ4v) is 4.80. The first-order valence-electron chi connectivity index (χ1n) is 11.9. The molecular weight excluding hydrogens is 427 g/mol. The summed E-state index contributed by atoms with van der Waals surface area (Å²) in [6, 6.07) is 18.5. The first-order chi connectivity index (χ1) is 15.3. The van der Waals surface area contributed by atoms with Gasteiger partial charge < -0.3 is 15.0 Å². The molecule has 2 aromatic carbocycles. The van der Waals surface area contributed by atoms with Gasteiger partial charge in [0.2, 0.25) is 0 Å². The van der Waals surface area contributed by atoms with E-state index in [4.69, 9.17) is 4.74 Å². The molecule has 1 amide bonds. The average molecular weight is 471 g/mol. The van der Waals surface area contributed by atoms with E-state index in [2.05, 4.69) is 96.1 Å². The predicted molar refractivity (Wildman–Crippen MR) is 145 cm³/mol. The monoisotopic (exact) mass is 470 g/mol. The number of nitrogens with zero attached hydrogens (tertiary/aromatic N) is 1. The Morgan fingerprint density at radius 2 is 1.52 bits per heavy atom. The predicted octanol–water partition coefficient (Wildman–Crippen LogP) is 6.01. The first-order valence-corrected chi connectivity index (χ1v) is 12.9. The van der Waals surface area contributed by atoms with Crippen LogP contribution < -0.4 is 15.5 Å². The highest BCUT2D eigenvalue weighted by atomic mass is 31.1. The molecule has 0 saturated heterocycles. The van der Waals surface area contributed by atoms with Crippen molar-refractivity contribution >= 4 is 25.5 Å². The number of hydrogen-bond donors (Lipinski definition) is 1. The number of ether oxygens (including phenoxy) is 1. The quantitative estimate of drug-likeness (QED) is 0.409. The standard InChI is InChI=1S/C28H43N2O2P/c1-26(2,3)30(8)23-16-14-22(15-17-23)25(31)29-20-18-27(4,5)32-21-19-28(6,7)33-24-12-10-9-11-13-24/h9-17,33H,18-21H2,1-8H3,(H,29,31). The minimum Gasteiger partial charge on any atom is -0.375 e. The zero-order chi connectivity index (χ0) is 24.7. The largest absolute Gasteiger partial charge is 0.375 e. The Morgan fingerprint density at radius 1 is 0.909 bits per heavy atom. The fraction of sp³-hybridized carbons (Fsp3) is 0.536. The molecule has 0 aromatic heterocycles. The van der Waals surface area contributed by atoms with E-state index in [-0.39, 0.29) is 22.2 Å². The summed E-state index contributed by atoms with van der Waals surface area (Å²) < 4.78 is 6.21. The van der Waals surface area contributed by atoms with Crippen molar-refractivity contribution in [3.8, 4) is 0 Å². The normalized spacial score (nSPS) is 12.8. The highest BCUT2D eigenvalue weighted by molar-refractivity contribution is 7.48. The van der Waals surface area contributed by atoms with Gasteiger partial charge in [0, 0.05) is 37.0 Å². The average Bonchev–Trinajstić information content (AvgIpc) is 2.72. The summed E-state index contributed by atoms with van der Waals surface area (Å²) in [5, 5.41) is 4.64. The Bertz CT molecular complexity index is 871. The fourth-order valence-electron chi connectivity index (χ4n) is 3.43. The number of carbonyl (C=O) groups is 1. The van der Waals surface area contributed by atoms with Crippen molar-refractivity contribution in [1.29, 1.82) is 0 Å². The van der Waals surface area contributed by atoms with Crippen LogP contribution in [-0.2, 0) is 4.74 Å². The topological polar surface area (TPSA) is 41.6 Å². The van der Waals surface area contributed by atoms with Crippen LogP contribution in [0.15, 0.2) is 54.6 Å². The SMILES string of the molecule is CN(c1ccc(C(=O)NCCC(C)(C)OCCC(C)(C)Pc2ccccc2)cc1)C(C)(C)C. The lowest BCUT2D eigenvalue weighted by molar-refractivity contribution is -0.0256. The molecule has 0 saturated carbocycles. The lowest BCUT2D eigenvalue weighted by Gasteiger charge is -2.34. The van der Waals surface area contributed by atoms with E-state index in [0.717, 1.165) is 33.7 Å². The van der Waals surface area contributed by atoms with Crippen molar-refractivity contribution < 1.29 is 9.53 Å². The van der Waals surface area contributed by atoms with E-state index in [1.165, 1.54) is 5.30 Å². The molecule has 0 aliphatic heterocycles. The van der Waals surface area contributed by atoms with Gasteiger partial charge in [0.25, 0.3) is 5.91 Å². The van der Waals surface area contributed by atoms with Crippen molar-refractivity contribution in [2.75, 3.05) is 25.1 Å². The molecule has 0 fully saturated rings. The van der Waals surface area contributed by atoms with Gasteiger partial charge in [-0.1, -0.05) is 52.8 Å². The Hall–Kier alpha value is -1.90. The smallest absolute Gasteiger partial charge is 0.251 e. The summed E-state index contributed by atoms with van der Waals surface area (Å²) in [7, 11) is 2.83. The highest BCUT2D eigenvalue weighted by Gasteiger charge is 2.23. The maximum absolute atomic E-state index is 12.6. The van der Waals surface area contributed by atoms with Crippen molar-refractivity contribution in [1.82, 2.24) is 5.32 Å². The third-order valence-corrected chi connectivity index (χ3v) is 7.56. The summed E-state index contributed by atoms with van der Waals surface area (Å²) in [6.07, 6.45) is 1.77. The molecule has 182 valence electrons. The Kier molecular flexibility index (Phi) is 9.52. The van der Waals surface area contributed by atoms with Gasteiger partial charge in [-0.3, -0.25) is 4.79 Å². The van der Waals surface area contributed by atoms with Crippen LogP contribution in [0.4, 0.5) is 5.69 Å². The van der Waals surface area contributed by atoms with Crippen molar-refractivity contribution in [3.05, 3.63) is 60.2 Å². The van der Waals surface area contributed by atoms with Gasteiger partial charge in [-0.15, -0.1) is 0 Å². The molecule has 0 spiro atoms. The number of anilines is 1. The lowest BCUT2D eigenvalue weighted by Crippen LogP contribution is -2.38. The van der Waals surface area contributed by atoms with Crippen LogP contribution in [0.5, 0.6) is 0 Å². The summed E-state index contributed by atoms with van der Waals surface area (Å²) in [4.78, 5) is 14.8. The van der Waals surface area contributed by atoms with Crippen molar-refractivity contribution in [2.45, 2.75) is 77.6 Å². The summed E-state index contributed by atoms with van der Waals surface area (Å²) in [5.41, 5.74) is 1.54. The third kappa shape index (κ3) is 9.47. The second-order valence-electron chi connectivity index (χ2n) is 11.0. The second kappa shape index (κ2) is 11.5. The van der Waals surface area contributed by atoms with Crippen LogP contribution >= 0.6 is 8.58 Å². The zero-order valence-electron chi connectivity index (χ0n) is 21.8. The maximum Gasteiger partial charge on any atom is 0.251 e. The molecule has 0 bridgehead atoms. The number of benzene rings is 2. The van der Waals surface area contributed by atoms with E-state index in [1.807, 2.05) is 24.3 Å². The van der Waals surface area contributed by atoms with E-state index >= 15 is 0 Å². The van der Waals surface area contributed by atoms with E-state index in [1.54, 1.807) is 0 Å². The minimum atomic E-state index is -0.279. The number of carbonyl (C=O) groups excluding carboxylic acids is 1. The van der Waals surface area contributed by atoms with Crippen LogP contribution in [0.1, 0.15) is 71.7 Å². The van der Waals surface area contributed by atoms with E-state index in [9.17, 15) is 4.79 Å². The molecule has 0 aliphatic carbocycles. The van der Waals surface area contributed by atoms with Crippen molar-refractivity contribution in [3.63, 3.8) is 0 Å². The maximum atomic E-state index is 12.6. The minimum absolute atomic E-state index is 0.0343. The number of amides is 1. The molecule has 2 rings (SSSR count). The molecule has 4 nitrogen and oxygen atoms in total. The summed E-state index contributed by atoms with van der Waals surface area (Å²) >= 11 is 0. The van der Waals surface area contributed by atoms with Gasteiger partial charge in [0.15, 0.2) is 0 Å². The van der Waals surface area contributed by atoms with Gasteiger partial charge in [-0.25, -0.2) is 0 Å². The molecule has 33 heavy (non-hydrogen) atoms. The molecule has 5 heteroatoms. The van der Waals surface area contributed by atoms with E-state index in [0.29, 0.717) is 12.1 Å². The van der Waals surface area contributed by atoms with Crippen LogP contribution in [0.3, 0.4) is 0 Å². The Balaban J connectivity index is 1.75. The lowest BCUT2D eigenvalue weighted by atomic mass is 10.0. The molecule has 1 atom stereocenters. The number of rotatable bonds is 11. The summed E-state index contributed by atoms with van der Waals surface area (Å²) in [5.74, 6) is -0.0408. The molecular formula is C28H43N2O2P. The van der Waals surface area contributed by atoms with Gasteiger partial charge in [0.05, 0.1) is 5.60 Å². The Morgan fingerprint density at radius 3 is 2.09 bits per heavy atom. The van der Waals surface area contributed by atoms with E-state index < -0.39 is 0 Å². The van der Waals surface area contributed by atoms with Crippen LogP contribution in [-0.4, -0.2) is 42.4 Å². The van der Waals surface area contributed by atoms with Crippen LogP contribution in [0, 0.1) is 0 Å². The van der Waals surface area contributed by atoms with Crippen LogP contribution in [0.2, 0.25) is 0 Å². The molecule has 0 radical (unpaired) electrons. The second-order valence-corrected chi connectivity index (χ2v) is 13.2.